The summed E-state index contributed by atoms with van der Waals surface area (Å²) in [5.41, 5.74) is 2.49. The highest BCUT2D eigenvalue weighted by Crippen LogP contribution is 2.26. The van der Waals surface area contributed by atoms with Crippen LogP contribution >= 0.6 is 27.3 Å². The van der Waals surface area contributed by atoms with Crippen LogP contribution in [0.15, 0.2) is 33.3 Å². The van der Waals surface area contributed by atoms with Crippen LogP contribution in [0.2, 0.25) is 0 Å². The lowest BCUT2D eigenvalue weighted by atomic mass is 10.4. The molecule has 0 radical (unpaired) electrons. The molecule has 0 spiro atoms. The molecule has 0 aliphatic carbocycles. The van der Waals surface area contributed by atoms with E-state index in [9.17, 15) is 8.42 Å². The number of nitrogens with zero attached hydrogens (tertiary/aromatic N) is 2. The summed E-state index contributed by atoms with van der Waals surface area (Å²) < 4.78 is 27.2. The van der Waals surface area contributed by atoms with Gasteiger partial charge in [0.15, 0.2) is 5.13 Å². The molecule has 0 bridgehead atoms. The predicted molar refractivity (Wildman–Crippen MR) is 72.7 cm³/mol. The van der Waals surface area contributed by atoms with Gasteiger partial charge in [-0.1, -0.05) is 11.3 Å². The Hall–Kier alpha value is -1.23. The van der Waals surface area contributed by atoms with Crippen LogP contribution in [0.4, 0.5) is 10.8 Å². The Kier molecular flexibility index (Phi) is 3.80. The average Bonchev–Trinajstić information content (AvgIpc) is 2.74. The molecular weight excluding hydrogens is 342 g/mol. The monoisotopic (exact) mass is 349 g/mol. The summed E-state index contributed by atoms with van der Waals surface area (Å²) in [5.74, 6) is 5.24. The minimum Gasteiger partial charge on any atom is -0.321 e. The topological polar surface area (TPSA) is 110 Å². The predicted octanol–water partition coefficient (Wildman–Crippen LogP) is 1.39. The highest BCUT2D eigenvalue weighted by atomic mass is 79.9. The van der Waals surface area contributed by atoms with Crippen molar-refractivity contribution in [3.63, 3.8) is 0 Å². The molecule has 18 heavy (non-hydrogen) atoms. The van der Waals surface area contributed by atoms with E-state index in [0.717, 1.165) is 15.1 Å². The lowest BCUT2D eigenvalue weighted by Gasteiger charge is -2.08. The number of aromatic nitrogens is 2. The second-order valence-electron chi connectivity index (χ2n) is 3.08. The van der Waals surface area contributed by atoms with Crippen LogP contribution in [0.5, 0.6) is 0 Å². The Labute approximate surface area is 116 Å². The Morgan fingerprint density at radius 3 is 2.78 bits per heavy atom. The van der Waals surface area contributed by atoms with Gasteiger partial charge in [-0.2, -0.15) is 8.42 Å². The Balaban J connectivity index is 2.36. The van der Waals surface area contributed by atoms with Crippen molar-refractivity contribution < 1.29 is 8.42 Å². The molecule has 2 aromatic rings. The minimum absolute atomic E-state index is 0.182. The molecule has 0 aliphatic rings. The molecule has 0 saturated heterocycles. The van der Waals surface area contributed by atoms with E-state index >= 15 is 0 Å². The third kappa shape index (κ3) is 2.77. The van der Waals surface area contributed by atoms with Crippen molar-refractivity contribution in [3.8, 4) is 0 Å². The Morgan fingerprint density at radius 2 is 2.17 bits per heavy atom. The van der Waals surface area contributed by atoms with Crippen molar-refractivity contribution in [3.05, 3.63) is 28.3 Å². The number of sulfonamides is 1. The van der Waals surface area contributed by atoms with E-state index in [1.165, 1.54) is 18.5 Å². The number of halogens is 1. The summed E-state index contributed by atoms with van der Waals surface area (Å²) in [6.07, 6.45) is 2.87. The average molecular weight is 350 g/mol. The number of hydrogen-bond donors (Lipinski definition) is 3. The van der Waals surface area contributed by atoms with Gasteiger partial charge in [0.25, 0.3) is 10.0 Å². The number of pyridine rings is 1. The number of nitrogen functional groups attached to an aromatic ring is 1. The SMILES string of the molecule is NNc1cccnc1S(=O)(=O)Nc1ncc(Br)s1. The van der Waals surface area contributed by atoms with E-state index in [2.05, 4.69) is 36.0 Å². The fourth-order valence-corrected chi connectivity index (χ4v) is 3.63. The molecule has 0 aromatic carbocycles. The maximum atomic E-state index is 12.1. The minimum atomic E-state index is -3.82. The van der Waals surface area contributed by atoms with Gasteiger partial charge in [0.1, 0.15) is 0 Å². The number of anilines is 2. The van der Waals surface area contributed by atoms with E-state index < -0.39 is 10.0 Å². The largest absolute Gasteiger partial charge is 0.321 e. The van der Waals surface area contributed by atoms with Crippen molar-refractivity contribution in [1.82, 2.24) is 9.97 Å². The van der Waals surface area contributed by atoms with Crippen LogP contribution in [-0.4, -0.2) is 18.4 Å². The lowest BCUT2D eigenvalue weighted by Crippen LogP contribution is -2.18. The standard InChI is InChI=1S/C8H8BrN5O2S2/c9-6-4-12-8(17-6)14-18(15,16)7-5(13-10)2-1-3-11-7/h1-4,13H,10H2,(H,12,14). The second kappa shape index (κ2) is 5.18. The quantitative estimate of drug-likeness (QED) is 0.568. The molecule has 0 unspecified atom stereocenters. The molecule has 10 heteroatoms. The Bertz CT molecular complexity index is 657. The molecule has 96 valence electrons. The molecule has 0 aliphatic heterocycles. The summed E-state index contributed by atoms with van der Waals surface area (Å²) in [5, 5.41) is 0.0642. The summed E-state index contributed by atoms with van der Waals surface area (Å²) in [4.78, 5) is 7.68. The number of nitrogens with two attached hydrogens (primary N) is 1. The van der Waals surface area contributed by atoms with Gasteiger partial charge in [-0.15, -0.1) is 0 Å². The van der Waals surface area contributed by atoms with Crippen LogP contribution in [0.1, 0.15) is 0 Å². The second-order valence-corrected chi connectivity index (χ2v) is 7.08. The first-order valence-electron chi connectivity index (χ1n) is 4.59. The van der Waals surface area contributed by atoms with Gasteiger partial charge >= 0.3 is 0 Å². The summed E-state index contributed by atoms with van der Waals surface area (Å²) in [6.45, 7) is 0. The first kappa shape index (κ1) is 13.2. The maximum Gasteiger partial charge on any atom is 0.283 e. The molecule has 2 aromatic heterocycles. The lowest BCUT2D eigenvalue weighted by molar-refractivity contribution is 0.598. The van der Waals surface area contributed by atoms with Gasteiger partial charge < -0.3 is 5.43 Å². The van der Waals surface area contributed by atoms with Gasteiger partial charge in [0, 0.05) is 6.20 Å². The molecular formula is C8H8BrN5O2S2. The highest BCUT2D eigenvalue weighted by molar-refractivity contribution is 9.11. The number of hydrogen-bond acceptors (Lipinski definition) is 7. The van der Waals surface area contributed by atoms with E-state index in [4.69, 9.17) is 5.84 Å². The van der Waals surface area contributed by atoms with E-state index in [0.29, 0.717) is 0 Å². The van der Waals surface area contributed by atoms with E-state index in [1.54, 1.807) is 6.07 Å². The van der Waals surface area contributed by atoms with Crippen LogP contribution in [0.3, 0.4) is 0 Å². The van der Waals surface area contributed by atoms with Crippen LogP contribution in [0, 0.1) is 0 Å². The molecule has 7 nitrogen and oxygen atoms in total. The van der Waals surface area contributed by atoms with E-state index in [1.807, 2.05) is 0 Å². The van der Waals surface area contributed by atoms with Crippen LogP contribution < -0.4 is 16.0 Å². The third-order valence-corrected chi connectivity index (χ3v) is 4.70. The molecule has 0 atom stereocenters. The summed E-state index contributed by atoms with van der Waals surface area (Å²) in [7, 11) is -3.82. The molecule has 0 amide bonds. The fraction of sp³-hybridized carbons (Fsp3) is 0. The molecule has 2 rings (SSSR count). The summed E-state index contributed by atoms with van der Waals surface area (Å²) in [6, 6.07) is 3.09. The van der Waals surface area contributed by atoms with Crippen LogP contribution in [0.25, 0.3) is 0 Å². The number of nitrogens with one attached hydrogen (secondary N) is 2. The zero-order chi connectivity index (χ0) is 13.2. The van der Waals surface area contributed by atoms with Gasteiger partial charge in [-0.25, -0.2) is 9.97 Å². The number of hydrazine groups is 1. The van der Waals surface area contributed by atoms with Gasteiger partial charge in [0.2, 0.25) is 5.03 Å². The van der Waals surface area contributed by atoms with Crippen LogP contribution in [-0.2, 0) is 10.0 Å². The van der Waals surface area contributed by atoms with Gasteiger partial charge in [-0.05, 0) is 28.1 Å². The number of rotatable bonds is 4. The van der Waals surface area contributed by atoms with Crippen molar-refractivity contribution in [1.29, 1.82) is 0 Å². The molecule has 2 heterocycles. The molecule has 0 fully saturated rings. The molecule has 0 saturated carbocycles. The zero-order valence-electron chi connectivity index (χ0n) is 8.79. The van der Waals surface area contributed by atoms with Crippen molar-refractivity contribution in [2.24, 2.45) is 5.84 Å². The van der Waals surface area contributed by atoms with Crippen molar-refractivity contribution >= 4 is 48.1 Å². The van der Waals surface area contributed by atoms with Crippen molar-refractivity contribution in [2.45, 2.75) is 5.03 Å². The molecule has 4 N–H and O–H groups in total. The maximum absolute atomic E-state index is 12.1. The number of thiazole rings is 1. The normalized spacial score (nSPS) is 11.2. The highest BCUT2D eigenvalue weighted by Gasteiger charge is 2.21. The summed E-state index contributed by atoms with van der Waals surface area (Å²) >= 11 is 4.36. The van der Waals surface area contributed by atoms with E-state index in [-0.39, 0.29) is 15.8 Å². The Morgan fingerprint density at radius 1 is 1.39 bits per heavy atom. The van der Waals surface area contributed by atoms with Gasteiger partial charge in [-0.3, -0.25) is 10.6 Å². The zero-order valence-corrected chi connectivity index (χ0v) is 12.0. The first-order valence-corrected chi connectivity index (χ1v) is 7.68. The fourth-order valence-electron chi connectivity index (χ4n) is 1.18. The smallest absolute Gasteiger partial charge is 0.283 e. The third-order valence-electron chi connectivity index (χ3n) is 1.88. The van der Waals surface area contributed by atoms with Gasteiger partial charge in [0.05, 0.1) is 15.7 Å². The first-order chi connectivity index (χ1) is 8.53. The van der Waals surface area contributed by atoms with Crippen molar-refractivity contribution in [2.75, 3.05) is 10.1 Å².